The van der Waals surface area contributed by atoms with Crippen molar-refractivity contribution in [2.24, 2.45) is 5.73 Å². The Kier molecular flexibility index (Phi) is 3.77. The molecule has 22 heavy (non-hydrogen) atoms. The lowest BCUT2D eigenvalue weighted by molar-refractivity contribution is 0.628. The molecule has 2 aromatic carbocycles. The van der Waals surface area contributed by atoms with Crippen LogP contribution in [0.1, 0.15) is 16.8 Å². The zero-order valence-electron chi connectivity index (χ0n) is 12.7. The zero-order chi connectivity index (χ0) is 15.7. The molecule has 1 heterocycles. The van der Waals surface area contributed by atoms with Crippen molar-refractivity contribution in [3.05, 3.63) is 71.2 Å². The molecule has 0 spiro atoms. The number of nitrogens with zero attached hydrogens (tertiary/aromatic N) is 2. The van der Waals surface area contributed by atoms with Crippen LogP contribution in [0.4, 0.5) is 4.39 Å². The number of aromatic nitrogens is 2. The molecule has 4 heteroatoms. The molecule has 112 valence electrons. The van der Waals surface area contributed by atoms with Crippen LogP contribution in [0.5, 0.6) is 0 Å². The predicted molar refractivity (Wildman–Crippen MR) is 86.3 cm³/mol. The van der Waals surface area contributed by atoms with E-state index in [4.69, 9.17) is 5.73 Å². The summed E-state index contributed by atoms with van der Waals surface area (Å²) in [5, 5.41) is 4.60. The normalized spacial score (nSPS) is 10.9. The second-order valence-corrected chi connectivity index (χ2v) is 5.43. The lowest BCUT2D eigenvalue weighted by Gasteiger charge is -2.11. The summed E-state index contributed by atoms with van der Waals surface area (Å²) in [5.74, 6) is -0.249. The second kappa shape index (κ2) is 5.73. The topological polar surface area (TPSA) is 43.8 Å². The van der Waals surface area contributed by atoms with Crippen LogP contribution in [-0.2, 0) is 6.54 Å². The number of halogens is 1. The summed E-state index contributed by atoms with van der Waals surface area (Å²) in [7, 11) is 0. The Balaban J connectivity index is 2.21. The van der Waals surface area contributed by atoms with Gasteiger partial charge in [0.05, 0.1) is 17.1 Å². The van der Waals surface area contributed by atoms with Crippen molar-refractivity contribution in [3.63, 3.8) is 0 Å². The molecule has 1 aromatic heterocycles. The highest BCUT2D eigenvalue weighted by Gasteiger charge is 2.13. The van der Waals surface area contributed by atoms with Gasteiger partial charge < -0.3 is 5.73 Å². The van der Waals surface area contributed by atoms with E-state index in [1.54, 1.807) is 12.1 Å². The minimum absolute atomic E-state index is 0.249. The van der Waals surface area contributed by atoms with E-state index in [1.165, 1.54) is 12.1 Å². The Bertz CT molecular complexity index is 804. The molecule has 3 rings (SSSR count). The van der Waals surface area contributed by atoms with E-state index >= 15 is 0 Å². The van der Waals surface area contributed by atoms with Crippen molar-refractivity contribution in [3.8, 4) is 16.9 Å². The second-order valence-electron chi connectivity index (χ2n) is 5.43. The molecule has 0 saturated carbocycles. The van der Waals surface area contributed by atoms with Crippen LogP contribution in [0.25, 0.3) is 16.9 Å². The van der Waals surface area contributed by atoms with E-state index < -0.39 is 0 Å². The van der Waals surface area contributed by atoms with Gasteiger partial charge in [-0.25, -0.2) is 9.07 Å². The molecule has 0 atom stereocenters. The standard InChI is InChI=1S/C18H18FN3/c1-12-3-4-13(2)17(9-12)22-18(10-16(11-20)21-22)14-5-7-15(19)8-6-14/h3-10H,11,20H2,1-2H3. The quantitative estimate of drug-likeness (QED) is 0.799. The minimum Gasteiger partial charge on any atom is -0.325 e. The maximum absolute atomic E-state index is 13.2. The lowest BCUT2D eigenvalue weighted by atomic mass is 10.1. The number of aryl methyl sites for hydroxylation is 2. The molecule has 0 aliphatic carbocycles. The number of benzene rings is 2. The molecule has 0 aliphatic heterocycles. The fourth-order valence-corrected chi connectivity index (χ4v) is 2.49. The van der Waals surface area contributed by atoms with E-state index in [0.29, 0.717) is 6.54 Å². The van der Waals surface area contributed by atoms with Crippen molar-refractivity contribution < 1.29 is 4.39 Å². The van der Waals surface area contributed by atoms with E-state index in [9.17, 15) is 4.39 Å². The van der Waals surface area contributed by atoms with Crippen LogP contribution >= 0.6 is 0 Å². The molecule has 0 radical (unpaired) electrons. The van der Waals surface area contributed by atoms with Crippen molar-refractivity contribution in [1.29, 1.82) is 0 Å². The Morgan fingerprint density at radius 1 is 1.05 bits per heavy atom. The highest BCUT2D eigenvalue weighted by molar-refractivity contribution is 5.63. The fourth-order valence-electron chi connectivity index (χ4n) is 2.49. The summed E-state index contributed by atoms with van der Waals surface area (Å²) < 4.78 is 15.1. The first-order valence-corrected chi connectivity index (χ1v) is 7.21. The Labute approximate surface area is 129 Å². The van der Waals surface area contributed by atoms with E-state index in [2.05, 4.69) is 23.3 Å². The number of rotatable bonds is 3. The molecule has 0 bridgehead atoms. The van der Waals surface area contributed by atoms with Crippen LogP contribution in [0.15, 0.2) is 48.5 Å². The van der Waals surface area contributed by atoms with Gasteiger partial charge in [-0.05, 0) is 61.4 Å². The highest BCUT2D eigenvalue weighted by Crippen LogP contribution is 2.26. The molecular formula is C18H18FN3. The summed E-state index contributed by atoms with van der Waals surface area (Å²) in [6.07, 6.45) is 0. The SMILES string of the molecule is Cc1ccc(C)c(-n2nc(CN)cc2-c2ccc(F)cc2)c1. The fraction of sp³-hybridized carbons (Fsp3) is 0.167. The monoisotopic (exact) mass is 295 g/mol. The first-order valence-electron chi connectivity index (χ1n) is 7.21. The van der Waals surface area contributed by atoms with Crippen molar-refractivity contribution >= 4 is 0 Å². The molecule has 3 aromatic rings. The minimum atomic E-state index is -0.249. The molecule has 0 aliphatic rings. The third-order valence-corrected chi connectivity index (χ3v) is 3.70. The molecular weight excluding hydrogens is 277 g/mol. The Hall–Kier alpha value is -2.46. The maximum atomic E-state index is 13.2. The van der Waals surface area contributed by atoms with Gasteiger partial charge in [0.15, 0.2) is 0 Å². The van der Waals surface area contributed by atoms with Gasteiger partial charge in [-0.3, -0.25) is 0 Å². The van der Waals surface area contributed by atoms with Crippen LogP contribution < -0.4 is 5.73 Å². The third kappa shape index (κ3) is 2.65. The number of hydrogen-bond donors (Lipinski definition) is 1. The predicted octanol–water partition coefficient (Wildman–Crippen LogP) is 3.75. The summed E-state index contributed by atoms with van der Waals surface area (Å²) in [6.45, 7) is 4.47. The Morgan fingerprint density at radius 3 is 2.45 bits per heavy atom. The molecule has 3 nitrogen and oxygen atoms in total. The van der Waals surface area contributed by atoms with Crippen LogP contribution in [0.3, 0.4) is 0 Å². The van der Waals surface area contributed by atoms with E-state index in [-0.39, 0.29) is 5.82 Å². The highest BCUT2D eigenvalue weighted by atomic mass is 19.1. The van der Waals surface area contributed by atoms with Crippen molar-refractivity contribution in [2.45, 2.75) is 20.4 Å². The summed E-state index contributed by atoms with van der Waals surface area (Å²) in [4.78, 5) is 0. The van der Waals surface area contributed by atoms with Crippen LogP contribution in [0, 0.1) is 19.7 Å². The summed E-state index contributed by atoms with van der Waals surface area (Å²) in [5.41, 5.74) is 11.7. The van der Waals surface area contributed by atoms with Gasteiger partial charge in [-0.15, -0.1) is 0 Å². The van der Waals surface area contributed by atoms with Crippen molar-refractivity contribution in [1.82, 2.24) is 9.78 Å². The molecule has 0 amide bonds. The summed E-state index contributed by atoms with van der Waals surface area (Å²) in [6, 6.07) is 14.6. The molecule has 2 N–H and O–H groups in total. The maximum Gasteiger partial charge on any atom is 0.123 e. The van der Waals surface area contributed by atoms with Gasteiger partial charge in [0.1, 0.15) is 5.82 Å². The number of nitrogens with two attached hydrogens (primary N) is 1. The van der Waals surface area contributed by atoms with Gasteiger partial charge in [-0.2, -0.15) is 5.10 Å². The molecule has 0 unspecified atom stereocenters. The van der Waals surface area contributed by atoms with Gasteiger partial charge in [-0.1, -0.05) is 12.1 Å². The van der Waals surface area contributed by atoms with E-state index in [1.807, 2.05) is 24.6 Å². The smallest absolute Gasteiger partial charge is 0.123 e. The first-order chi connectivity index (χ1) is 10.6. The summed E-state index contributed by atoms with van der Waals surface area (Å²) >= 11 is 0. The zero-order valence-corrected chi connectivity index (χ0v) is 12.7. The lowest BCUT2D eigenvalue weighted by Crippen LogP contribution is -2.04. The van der Waals surface area contributed by atoms with Gasteiger partial charge in [0.25, 0.3) is 0 Å². The van der Waals surface area contributed by atoms with Crippen molar-refractivity contribution in [2.75, 3.05) is 0 Å². The van der Waals surface area contributed by atoms with E-state index in [0.717, 1.165) is 33.8 Å². The van der Waals surface area contributed by atoms with Crippen LogP contribution in [0.2, 0.25) is 0 Å². The average Bonchev–Trinajstić information content (AvgIpc) is 2.94. The molecule has 0 saturated heterocycles. The molecule has 0 fully saturated rings. The first kappa shape index (κ1) is 14.5. The van der Waals surface area contributed by atoms with Gasteiger partial charge >= 0.3 is 0 Å². The average molecular weight is 295 g/mol. The number of hydrogen-bond acceptors (Lipinski definition) is 2. The largest absolute Gasteiger partial charge is 0.325 e. The Morgan fingerprint density at radius 2 is 1.77 bits per heavy atom. The van der Waals surface area contributed by atoms with Crippen LogP contribution in [-0.4, -0.2) is 9.78 Å². The van der Waals surface area contributed by atoms with Gasteiger partial charge in [0.2, 0.25) is 0 Å². The third-order valence-electron chi connectivity index (χ3n) is 3.70. The van der Waals surface area contributed by atoms with Gasteiger partial charge in [0, 0.05) is 12.1 Å².